The second-order valence-corrected chi connectivity index (χ2v) is 7.58. The number of nitro groups is 1. The van der Waals surface area contributed by atoms with Crippen LogP contribution in [0.25, 0.3) is 0 Å². The molecule has 0 atom stereocenters. The summed E-state index contributed by atoms with van der Waals surface area (Å²) in [5.74, 6) is -1.67. The Balaban J connectivity index is 0.000000641. The molecule has 2 N–H and O–H groups in total. The lowest BCUT2D eigenvalue weighted by Gasteiger charge is -2.35. The van der Waals surface area contributed by atoms with Gasteiger partial charge >= 0.3 is 11.9 Å². The fraction of sp³-hybridized carbons (Fsp3) is 0.391. The number of ether oxygens (including phenoxy) is 3. The van der Waals surface area contributed by atoms with Gasteiger partial charge in [0.1, 0.15) is 0 Å². The highest BCUT2D eigenvalue weighted by Gasteiger charge is 2.21. The lowest BCUT2D eigenvalue weighted by molar-refractivity contribution is -0.384. The highest BCUT2D eigenvalue weighted by atomic mass is 16.6. The molecular weight excluding hydrogens is 462 g/mol. The molecule has 0 unspecified atom stereocenters. The predicted molar refractivity (Wildman–Crippen MR) is 125 cm³/mol. The molecule has 0 saturated carbocycles. The molecule has 1 fully saturated rings. The fourth-order valence-corrected chi connectivity index (χ4v) is 3.62. The first kappa shape index (κ1) is 27.3. The van der Waals surface area contributed by atoms with Gasteiger partial charge in [0.05, 0.1) is 26.3 Å². The number of non-ortho nitro benzene ring substituents is 1. The minimum atomic E-state index is -1.82. The molecule has 1 aliphatic heterocycles. The van der Waals surface area contributed by atoms with E-state index in [1.165, 1.54) is 0 Å². The number of rotatable bonds is 8. The SMILES string of the molecule is COc1ccc(CN2CCN(Cc3ccc([N+](=O)[O-])cc3)CC2)c(OC)c1OC.O=C(O)C(=O)O. The van der Waals surface area contributed by atoms with Crippen LogP contribution in [0.1, 0.15) is 11.1 Å². The summed E-state index contributed by atoms with van der Waals surface area (Å²) in [4.78, 5) is 33.4. The first-order valence-corrected chi connectivity index (χ1v) is 10.6. The molecule has 0 bridgehead atoms. The first-order valence-electron chi connectivity index (χ1n) is 10.6. The van der Waals surface area contributed by atoms with Crippen molar-refractivity contribution in [3.8, 4) is 17.2 Å². The quantitative estimate of drug-likeness (QED) is 0.317. The molecule has 3 rings (SSSR count). The van der Waals surface area contributed by atoms with Gasteiger partial charge in [-0.25, -0.2) is 9.59 Å². The van der Waals surface area contributed by atoms with E-state index in [4.69, 9.17) is 34.0 Å². The van der Waals surface area contributed by atoms with E-state index >= 15 is 0 Å². The van der Waals surface area contributed by atoms with E-state index in [0.717, 1.165) is 50.4 Å². The molecule has 0 radical (unpaired) electrons. The van der Waals surface area contributed by atoms with E-state index in [9.17, 15) is 10.1 Å². The maximum absolute atomic E-state index is 10.8. The van der Waals surface area contributed by atoms with Crippen LogP contribution >= 0.6 is 0 Å². The number of carboxylic acids is 2. The van der Waals surface area contributed by atoms with Gasteiger partial charge in [-0.1, -0.05) is 18.2 Å². The number of piperazine rings is 1. The maximum Gasteiger partial charge on any atom is 0.414 e. The van der Waals surface area contributed by atoms with Gasteiger partial charge in [-0.15, -0.1) is 0 Å². The van der Waals surface area contributed by atoms with Crippen LogP contribution in [0.4, 0.5) is 5.69 Å². The van der Waals surface area contributed by atoms with Gasteiger partial charge in [0.2, 0.25) is 5.75 Å². The highest BCUT2D eigenvalue weighted by Crippen LogP contribution is 2.40. The minimum absolute atomic E-state index is 0.127. The second-order valence-electron chi connectivity index (χ2n) is 7.58. The average Bonchev–Trinajstić information content (AvgIpc) is 2.85. The molecule has 2 aromatic rings. The van der Waals surface area contributed by atoms with Crippen molar-refractivity contribution in [2.75, 3.05) is 47.5 Å². The molecule has 12 heteroatoms. The largest absolute Gasteiger partial charge is 0.493 e. The van der Waals surface area contributed by atoms with Crippen LogP contribution in [0.2, 0.25) is 0 Å². The summed E-state index contributed by atoms with van der Waals surface area (Å²) in [5.41, 5.74) is 2.28. The molecule has 0 aromatic heterocycles. The van der Waals surface area contributed by atoms with E-state index in [1.807, 2.05) is 24.3 Å². The molecule has 1 heterocycles. The summed E-state index contributed by atoms with van der Waals surface area (Å²) in [6.45, 7) is 5.31. The Bertz CT molecular complexity index is 1010. The van der Waals surface area contributed by atoms with Crippen molar-refractivity contribution < 1.29 is 38.9 Å². The summed E-state index contributed by atoms with van der Waals surface area (Å²) in [6.07, 6.45) is 0. The second kappa shape index (κ2) is 13.1. The molecule has 1 saturated heterocycles. The van der Waals surface area contributed by atoms with Gasteiger partial charge in [0.15, 0.2) is 11.5 Å². The average molecular weight is 491 g/mol. The van der Waals surface area contributed by atoms with Gasteiger partial charge < -0.3 is 24.4 Å². The van der Waals surface area contributed by atoms with Crippen LogP contribution < -0.4 is 14.2 Å². The van der Waals surface area contributed by atoms with Gasteiger partial charge in [-0.3, -0.25) is 19.9 Å². The molecule has 0 amide bonds. The molecule has 2 aromatic carbocycles. The minimum Gasteiger partial charge on any atom is -0.493 e. The number of benzene rings is 2. The molecule has 1 aliphatic rings. The summed E-state index contributed by atoms with van der Waals surface area (Å²) in [5, 5.41) is 25.6. The molecule has 0 spiro atoms. The Kier molecular flexibility index (Phi) is 10.2. The number of hydrogen-bond acceptors (Lipinski definition) is 9. The zero-order valence-corrected chi connectivity index (χ0v) is 19.8. The zero-order valence-electron chi connectivity index (χ0n) is 19.8. The van der Waals surface area contributed by atoms with Crippen LogP contribution in [0, 0.1) is 10.1 Å². The lowest BCUT2D eigenvalue weighted by atomic mass is 10.1. The summed E-state index contributed by atoms with van der Waals surface area (Å²) in [7, 11) is 4.87. The smallest absolute Gasteiger partial charge is 0.414 e. The molecular formula is C23H29N3O9. The number of methoxy groups -OCH3 is 3. The maximum atomic E-state index is 10.8. The van der Waals surface area contributed by atoms with Gasteiger partial charge in [0.25, 0.3) is 5.69 Å². The van der Waals surface area contributed by atoms with E-state index in [2.05, 4.69) is 9.80 Å². The van der Waals surface area contributed by atoms with Crippen LogP contribution in [0.15, 0.2) is 36.4 Å². The van der Waals surface area contributed by atoms with Crippen LogP contribution in [0.5, 0.6) is 17.2 Å². The molecule has 35 heavy (non-hydrogen) atoms. The Morgan fingerprint density at radius 1 is 0.829 bits per heavy atom. The van der Waals surface area contributed by atoms with Gasteiger partial charge in [-0.2, -0.15) is 0 Å². The number of nitro benzene ring substituents is 1. The molecule has 190 valence electrons. The Labute approximate surface area is 202 Å². The highest BCUT2D eigenvalue weighted by molar-refractivity contribution is 6.27. The van der Waals surface area contributed by atoms with E-state index in [-0.39, 0.29) is 10.6 Å². The summed E-state index contributed by atoms with van der Waals surface area (Å²) < 4.78 is 16.4. The standard InChI is InChI=1S/C21H27N3O5.C2H2O4/c1-27-19-9-6-17(20(28-2)21(19)29-3)15-23-12-10-22(11-13-23)14-16-4-7-18(8-5-16)24(25)26;3-1(4)2(5)6/h4-9H,10-15H2,1-3H3;(H,3,4)(H,5,6). The monoisotopic (exact) mass is 491 g/mol. The topological polar surface area (TPSA) is 152 Å². The van der Waals surface area contributed by atoms with E-state index in [0.29, 0.717) is 17.2 Å². The number of hydrogen-bond donors (Lipinski definition) is 2. The van der Waals surface area contributed by atoms with Gasteiger partial charge in [-0.05, 0) is 11.6 Å². The van der Waals surface area contributed by atoms with Crippen molar-refractivity contribution in [2.45, 2.75) is 13.1 Å². The van der Waals surface area contributed by atoms with Crippen LogP contribution in [-0.2, 0) is 22.7 Å². The zero-order chi connectivity index (χ0) is 26.0. The van der Waals surface area contributed by atoms with Crippen molar-refractivity contribution >= 4 is 17.6 Å². The third kappa shape index (κ3) is 7.83. The van der Waals surface area contributed by atoms with E-state index < -0.39 is 11.9 Å². The normalized spacial score (nSPS) is 13.8. The number of aliphatic carboxylic acids is 2. The van der Waals surface area contributed by atoms with Gasteiger partial charge in [0, 0.05) is 57.0 Å². The predicted octanol–water partition coefficient (Wildman–Crippen LogP) is 2.09. The van der Waals surface area contributed by atoms with Crippen LogP contribution in [0.3, 0.4) is 0 Å². The molecule has 12 nitrogen and oxygen atoms in total. The van der Waals surface area contributed by atoms with Crippen molar-refractivity contribution in [2.24, 2.45) is 0 Å². The third-order valence-corrected chi connectivity index (χ3v) is 5.38. The van der Waals surface area contributed by atoms with Crippen molar-refractivity contribution in [3.63, 3.8) is 0 Å². The summed E-state index contributed by atoms with van der Waals surface area (Å²) in [6, 6.07) is 10.7. The third-order valence-electron chi connectivity index (χ3n) is 5.38. The lowest BCUT2D eigenvalue weighted by Crippen LogP contribution is -2.45. The van der Waals surface area contributed by atoms with Crippen molar-refractivity contribution in [1.29, 1.82) is 0 Å². The van der Waals surface area contributed by atoms with Crippen molar-refractivity contribution in [1.82, 2.24) is 9.80 Å². The van der Waals surface area contributed by atoms with Crippen LogP contribution in [-0.4, -0.2) is 84.4 Å². The molecule has 0 aliphatic carbocycles. The Morgan fingerprint density at radius 3 is 1.77 bits per heavy atom. The number of carboxylic acid groups (broad SMARTS) is 2. The fourth-order valence-electron chi connectivity index (χ4n) is 3.62. The van der Waals surface area contributed by atoms with Crippen molar-refractivity contribution in [3.05, 3.63) is 57.6 Å². The number of nitrogens with zero attached hydrogens (tertiary/aromatic N) is 3. The first-order chi connectivity index (χ1) is 16.7. The summed E-state index contributed by atoms with van der Waals surface area (Å²) >= 11 is 0. The van der Waals surface area contributed by atoms with E-state index in [1.54, 1.807) is 33.5 Å². The Hall–Kier alpha value is -3.90. The number of carbonyl (C=O) groups is 2. The Morgan fingerprint density at radius 2 is 1.34 bits per heavy atom.